The molecule has 0 unspecified atom stereocenters. The summed E-state index contributed by atoms with van der Waals surface area (Å²) >= 11 is 5.33. The Kier molecular flexibility index (Phi) is 4.71. The van der Waals surface area contributed by atoms with Crippen LogP contribution < -0.4 is 5.43 Å². The summed E-state index contributed by atoms with van der Waals surface area (Å²) in [5.41, 5.74) is 4.45. The number of hydrogen-bond acceptors (Lipinski definition) is 2. The Bertz CT molecular complexity index is 573. The number of halogens is 3. The highest BCUT2D eigenvalue weighted by Crippen LogP contribution is 2.21. The van der Waals surface area contributed by atoms with Crippen LogP contribution in [0.4, 0.5) is 10.1 Å². The van der Waals surface area contributed by atoms with Crippen LogP contribution in [0.1, 0.15) is 5.56 Å². The minimum absolute atomic E-state index is 0.250. The molecular weight excluding hydrogens is 410 g/mol. The highest BCUT2D eigenvalue weighted by molar-refractivity contribution is 14.1. The van der Waals surface area contributed by atoms with Crippen LogP contribution in [-0.4, -0.2) is 6.21 Å². The van der Waals surface area contributed by atoms with Crippen molar-refractivity contribution in [3.8, 4) is 0 Å². The van der Waals surface area contributed by atoms with E-state index < -0.39 is 0 Å². The highest BCUT2D eigenvalue weighted by Gasteiger charge is 2.04. The van der Waals surface area contributed by atoms with Gasteiger partial charge in [-0.05, 0) is 46.9 Å². The average Bonchev–Trinajstić information content (AvgIpc) is 2.37. The lowest BCUT2D eigenvalue weighted by Crippen LogP contribution is -1.93. The Morgan fingerprint density at radius 3 is 2.67 bits per heavy atom. The van der Waals surface area contributed by atoms with Gasteiger partial charge in [0.15, 0.2) is 0 Å². The maximum atomic E-state index is 13.4. The molecule has 92 valence electrons. The molecule has 0 aliphatic rings. The van der Waals surface area contributed by atoms with Crippen molar-refractivity contribution >= 4 is 50.4 Å². The van der Waals surface area contributed by atoms with E-state index in [1.54, 1.807) is 12.3 Å². The molecule has 2 nitrogen and oxygen atoms in total. The van der Waals surface area contributed by atoms with E-state index in [4.69, 9.17) is 0 Å². The lowest BCUT2D eigenvalue weighted by molar-refractivity contribution is 0.620. The summed E-state index contributed by atoms with van der Waals surface area (Å²) in [6, 6.07) is 12.7. The standard InChI is InChI=1S/C13H9BrFIN2/c14-11-7-13(16)12(15)6-9(11)8-17-18-10-4-2-1-3-5-10/h1-8,18H. The first-order valence-corrected chi connectivity index (χ1v) is 7.02. The average molecular weight is 419 g/mol. The van der Waals surface area contributed by atoms with Crippen molar-refractivity contribution in [1.29, 1.82) is 0 Å². The molecule has 1 N–H and O–H groups in total. The van der Waals surface area contributed by atoms with E-state index in [1.807, 2.05) is 52.9 Å². The van der Waals surface area contributed by atoms with Crippen LogP contribution in [0.5, 0.6) is 0 Å². The van der Waals surface area contributed by atoms with E-state index in [0.717, 1.165) is 10.2 Å². The van der Waals surface area contributed by atoms with Crippen LogP contribution in [0.15, 0.2) is 52.0 Å². The van der Waals surface area contributed by atoms with Crippen molar-refractivity contribution in [3.63, 3.8) is 0 Å². The fraction of sp³-hybridized carbons (Fsp3) is 0. The van der Waals surface area contributed by atoms with Gasteiger partial charge in [-0.25, -0.2) is 4.39 Å². The number of rotatable bonds is 3. The Morgan fingerprint density at radius 1 is 1.22 bits per heavy atom. The van der Waals surface area contributed by atoms with Gasteiger partial charge in [-0.2, -0.15) is 5.10 Å². The maximum absolute atomic E-state index is 13.4. The topological polar surface area (TPSA) is 24.4 Å². The van der Waals surface area contributed by atoms with Gasteiger partial charge in [0, 0.05) is 13.6 Å². The molecule has 0 saturated carbocycles. The predicted octanol–water partition coefficient (Wildman–Crippen LogP) is 4.64. The number of benzene rings is 2. The summed E-state index contributed by atoms with van der Waals surface area (Å²) in [6.07, 6.45) is 1.58. The molecule has 0 spiro atoms. The van der Waals surface area contributed by atoms with Gasteiger partial charge in [0.05, 0.1) is 11.9 Å². The van der Waals surface area contributed by atoms with E-state index in [1.165, 1.54) is 6.07 Å². The maximum Gasteiger partial charge on any atom is 0.137 e. The zero-order valence-corrected chi connectivity index (χ0v) is 12.9. The molecule has 2 rings (SSSR count). The van der Waals surface area contributed by atoms with Gasteiger partial charge in [-0.1, -0.05) is 34.1 Å². The van der Waals surface area contributed by atoms with E-state index in [-0.39, 0.29) is 5.82 Å². The minimum atomic E-state index is -0.250. The van der Waals surface area contributed by atoms with Crippen LogP contribution in [0, 0.1) is 9.39 Å². The zero-order chi connectivity index (χ0) is 13.0. The molecular formula is C13H9BrFIN2. The molecule has 18 heavy (non-hydrogen) atoms. The third-order valence-electron chi connectivity index (χ3n) is 2.21. The van der Waals surface area contributed by atoms with Gasteiger partial charge in [0.2, 0.25) is 0 Å². The zero-order valence-electron chi connectivity index (χ0n) is 9.20. The van der Waals surface area contributed by atoms with Crippen LogP contribution >= 0.6 is 38.5 Å². The largest absolute Gasteiger partial charge is 0.279 e. The molecule has 0 bridgehead atoms. The first kappa shape index (κ1) is 13.5. The van der Waals surface area contributed by atoms with E-state index in [2.05, 4.69) is 26.5 Å². The normalized spacial score (nSPS) is 10.8. The summed E-state index contributed by atoms with van der Waals surface area (Å²) in [6.45, 7) is 0. The van der Waals surface area contributed by atoms with Crippen LogP contribution in [-0.2, 0) is 0 Å². The molecule has 0 aliphatic heterocycles. The van der Waals surface area contributed by atoms with E-state index >= 15 is 0 Å². The minimum Gasteiger partial charge on any atom is -0.279 e. The molecule has 2 aromatic rings. The van der Waals surface area contributed by atoms with Gasteiger partial charge in [0.25, 0.3) is 0 Å². The summed E-state index contributed by atoms with van der Waals surface area (Å²) in [5.74, 6) is -0.250. The summed E-state index contributed by atoms with van der Waals surface area (Å²) in [4.78, 5) is 0. The van der Waals surface area contributed by atoms with Crippen LogP contribution in [0.2, 0.25) is 0 Å². The lowest BCUT2D eigenvalue weighted by atomic mass is 10.2. The van der Waals surface area contributed by atoms with Crippen molar-refractivity contribution in [1.82, 2.24) is 0 Å². The van der Waals surface area contributed by atoms with E-state index in [0.29, 0.717) is 9.13 Å². The molecule has 0 atom stereocenters. The number of para-hydroxylation sites is 1. The Balaban J connectivity index is 2.12. The van der Waals surface area contributed by atoms with Crippen molar-refractivity contribution in [2.45, 2.75) is 0 Å². The Labute approximate surface area is 127 Å². The molecule has 5 heteroatoms. The number of hydrazone groups is 1. The van der Waals surface area contributed by atoms with Gasteiger partial charge >= 0.3 is 0 Å². The number of hydrogen-bond donors (Lipinski definition) is 1. The summed E-state index contributed by atoms with van der Waals surface area (Å²) in [5, 5.41) is 4.07. The molecule has 0 aliphatic carbocycles. The summed E-state index contributed by atoms with van der Waals surface area (Å²) < 4.78 is 14.8. The fourth-order valence-corrected chi connectivity index (χ4v) is 2.67. The Hall–Kier alpha value is -0.950. The van der Waals surface area contributed by atoms with Gasteiger partial charge in [-0.3, -0.25) is 5.43 Å². The van der Waals surface area contributed by atoms with Gasteiger partial charge < -0.3 is 0 Å². The molecule has 0 saturated heterocycles. The van der Waals surface area contributed by atoms with Gasteiger partial charge in [-0.15, -0.1) is 0 Å². The van der Waals surface area contributed by atoms with Crippen molar-refractivity contribution in [3.05, 3.63) is 61.9 Å². The Morgan fingerprint density at radius 2 is 1.94 bits per heavy atom. The quantitative estimate of drug-likeness (QED) is 0.334. The van der Waals surface area contributed by atoms with Crippen LogP contribution in [0.25, 0.3) is 0 Å². The lowest BCUT2D eigenvalue weighted by Gasteiger charge is -2.02. The third kappa shape index (κ3) is 3.52. The first-order chi connectivity index (χ1) is 8.66. The molecule has 0 fully saturated rings. The summed E-state index contributed by atoms with van der Waals surface area (Å²) in [7, 11) is 0. The number of nitrogens with one attached hydrogen (secondary N) is 1. The van der Waals surface area contributed by atoms with Crippen molar-refractivity contribution in [2.75, 3.05) is 5.43 Å². The third-order valence-corrected chi connectivity index (χ3v) is 3.72. The molecule has 0 heterocycles. The monoisotopic (exact) mass is 418 g/mol. The van der Waals surface area contributed by atoms with Crippen molar-refractivity contribution in [2.24, 2.45) is 5.10 Å². The van der Waals surface area contributed by atoms with Crippen molar-refractivity contribution < 1.29 is 4.39 Å². The second-order valence-electron chi connectivity index (χ2n) is 3.52. The number of nitrogens with zero attached hydrogens (tertiary/aromatic N) is 1. The van der Waals surface area contributed by atoms with Crippen LogP contribution in [0.3, 0.4) is 0 Å². The first-order valence-electron chi connectivity index (χ1n) is 5.15. The second kappa shape index (κ2) is 6.29. The SMILES string of the molecule is Fc1cc(C=NNc2ccccc2)c(Br)cc1I. The molecule has 2 aromatic carbocycles. The second-order valence-corrected chi connectivity index (χ2v) is 5.54. The molecule has 0 amide bonds. The van der Waals surface area contributed by atoms with Gasteiger partial charge in [0.1, 0.15) is 5.82 Å². The molecule has 0 radical (unpaired) electrons. The smallest absolute Gasteiger partial charge is 0.137 e. The van der Waals surface area contributed by atoms with E-state index in [9.17, 15) is 4.39 Å². The fourth-order valence-electron chi connectivity index (χ4n) is 1.33. The molecule has 0 aromatic heterocycles. The number of anilines is 1. The highest BCUT2D eigenvalue weighted by atomic mass is 127. The predicted molar refractivity (Wildman–Crippen MR) is 84.5 cm³/mol.